The predicted molar refractivity (Wildman–Crippen MR) is 118 cm³/mol. The van der Waals surface area contributed by atoms with Gasteiger partial charge in [-0.15, -0.1) is 0 Å². The van der Waals surface area contributed by atoms with Crippen LogP contribution in [0.3, 0.4) is 0 Å². The molecule has 3 rings (SSSR count). The van der Waals surface area contributed by atoms with Crippen LogP contribution in [0, 0.1) is 0 Å². The molecule has 0 radical (unpaired) electrons. The van der Waals surface area contributed by atoms with E-state index >= 15 is 0 Å². The lowest BCUT2D eigenvalue weighted by atomic mass is 10.1. The van der Waals surface area contributed by atoms with Crippen LogP contribution in [0.1, 0.15) is 26.3 Å². The zero-order valence-electron chi connectivity index (χ0n) is 16.4. The summed E-state index contributed by atoms with van der Waals surface area (Å²) in [6, 6.07) is 19.0. The van der Waals surface area contributed by atoms with Crippen molar-refractivity contribution in [1.82, 2.24) is 0 Å². The van der Waals surface area contributed by atoms with E-state index in [0.29, 0.717) is 16.0 Å². The molecule has 0 spiro atoms. The number of esters is 1. The Morgan fingerprint density at radius 2 is 1.47 bits per heavy atom. The number of para-hydroxylation sites is 2. The lowest BCUT2D eigenvalue weighted by Crippen LogP contribution is -2.12. The molecule has 0 fully saturated rings. The van der Waals surface area contributed by atoms with Crippen LogP contribution in [0.4, 0.5) is 0 Å². The van der Waals surface area contributed by atoms with Gasteiger partial charge in [-0.2, -0.15) is 0 Å². The molecule has 0 aromatic heterocycles. The van der Waals surface area contributed by atoms with Crippen molar-refractivity contribution in [2.24, 2.45) is 0 Å². The minimum Gasteiger partial charge on any atom is -0.496 e. The Morgan fingerprint density at radius 1 is 0.800 bits per heavy atom. The van der Waals surface area contributed by atoms with Gasteiger partial charge in [0, 0.05) is 10.0 Å². The summed E-state index contributed by atoms with van der Waals surface area (Å²) in [6.07, 6.45) is 3.08. The summed E-state index contributed by atoms with van der Waals surface area (Å²) in [5.74, 6) is 0.272. The number of hydrogen-bond acceptors (Lipinski definition) is 5. The summed E-state index contributed by atoms with van der Waals surface area (Å²) in [6.45, 7) is 0. The molecule has 6 heteroatoms. The molecule has 0 unspecified atom stereocenters. The van der Waals surface area contributed by atoms with Gasteiger partial charge in [0.05, 0.1) is 19.8 Å². The highest BCUT2D eigenvalue weighted by Gasteiger charge is 2.18. The SMILES string of the molecule is COc1ccccc1C=CC(=O)c1cc(Br)ccc1OC(=O)c1ccccc1OC. The Kier molecular flexibility index (Phi) is 7.03. The van der Waals surface area contributed by atoms with E-state index in [9.17, 15) is 9.59 Å². The summed E-state index contributed by atoms with van der Waals surface area (Å²) in [5, 5.41) is 0. The zero-order chi connectivity index (χ0) is 21.5. The number of hydrogen-bond donors (Lipinski definition) is 0. The number of allylic oxidation sites excluding steroid dienone is 1. The Hall–Kier alpha value is -3.38. The average Bonchev–Trinajstić information content (AvgIpc) is 2.78. The molecular formula is C24H19BrO5. The molecular weight excluding hydrogens is 448 g/mol. The highest BCUT2D eigenvalue weighted by molar-refractivity contribution is 9.10. The second kappa shape index (κ2) is 9.89. The molecule has 0 N–H and O–H groups in total. The number of rotatable bonds is 7. The maximum atomic E-state index is 12.9. The number of carbonyl (C=O) groups is 2. The van der Waals surface area contributed by atoms with Gasteiger partial charge in [0.25, 0.3) is 0 Å². The van der Waals surface area contributed by atoms with Crippen molar-refractivity contribution in [2.45, 2.75) is 0 Å². The first-order chi connectivity index (χ1) is 14.5. The molecule has 0 bridgehead atoms. The maximum absolute atomic E-state index is 12.9. The highest BCUT2D eigenvalue weighted by Crippen LogP contribution is 2.27. The van der Waals surface area contributed by atoms with E-state index in [2.05, 4.69) is 15.9 Å². The molecule has 0 aliphatic rings. The van der Waals surface area contributed by atoms with Gasteiger partial charge in [-0.3, -0.25) is 4.79 Å². The highest BCUT2D eigenvalue weighted by atomic mass is 79.9. The van der Waals surface area contributed by atoms with E-state index in [0.717, 1.165) is 5.56 Å². The van der Waals surface area contributed by atoms with Crippen molar-refractivity contribution >= 4 is 33.8 Å². The first-order valence-electron chi connectivity index (χ1n) is 9.03. The Morgan fingerprint density at radius 3 is 2.20 bits per heavy atom. The van der Waals surface area contributed by atoms with Crippen LogP contribution >= 0.6 is 15.9 Å². The van der Waals surface area contributed by atoms with E-state index < -0.39 is 5.97 Å². The van der Waals surface area contributed by atoms with Crippen molar-refractivity contribution in [3.63, 3.8) is 0 Å². The molecule has 0 atom stereocenters. The third kappa shape index (κ3) is 4.96. The van der Waals surface area contributed by atoms with Gasteiger partial charge in [-0.05, 0) is 48.6 Å². The van der Waals surface area contributed by atoms with Crippen LogP contribution in [0.5, 0.6) is 17.2 Å². The van der Waals surface area contributed by atoms with Crippen LogP contribution in [-0.4, -0.2) is 26.0 Å². The van der Waals surface area contributed by atoms with Crippen molar-refractivity contribution in [1.29, 1.82) is 0 Å². The summed E-state index contributed by atoms with van der Waals surface area (Å²) in [4.78, 5) is 25.5. The Balaban J connectivity index is 1.89. The number of ether oxygens (including phenoxy) is 3. The number of benzene rings is 3. The first kappa shape index (κ1) is 21.3. The van der Waals surface area contributed by atoms with Crippen LogP contribution in [0.25, 0.3) is 6.08 Å². The number of ketones is 1. The van der Waals surface area contributed by atoms with E-state index in [-0.39, 0.29) is 22.7 Å². The third-order valence-electron chi connectivity index (χ3n) is 4.29. The van der Waals surface area contributed by atoms with E-state index in [1.165, 1.54) is 13.2 Å². The van der Waals surface area contributed by atoms with Crippen molar-refractivity contribution in [3.8, 4) is 17.2 Å². The molecule has 3 aromatic rings. The normalized spacial score (nSPS) is 10.6. The van der Waals surface area contributed by atoms with E-state index in [4.69, 9.17) is 14.2 Å². The molecule has 0 aliphatic heterocycles. The Labute approximate surface area is 183 Å². The van der Waals surface area contributed by atoms with Crippen molar-refractivity contribution in [3.05, 3.63) is 94.0 Å². The summed E-state index contributed by atoms with van der Waals surface area (Å²) in [7, 11) is 3.04. The molecule has 3 aromatic carbocycles. The fraction of sp³-hybridized carbons (Fsp3) is 0.0833. The summed E-state index contributed by atoms with van der Waals surface area (Å²) in [5.41, 5.74) is 1.28. The average molecular weight is 467 g/mol. The summed E-state index contributed by atoms with van der Waals surface area (Å²) < 4.78 is 16.7. The molecule has 30 heavy (non-hydrogen) atoms. The molecule has 0 saturated carbocycles. The van der Waals surface area contributed by atoms with Gasteiger partial charge in [-0.25, -0.2) is 4.79 Å². The van der Waals surface area contributed by atoms with Gasteiger partial charge >= 0.3 is 5.97 Å². The molecule has 0 amide bonds. The standard InChI is InChI=1S/C24H19BrO5/c1-28-21-9-5-3-7-16(21)11-13-20(26)19-15-17(25)12-14-23(19)30-24(27)18-8-4-6-10-22(18)29-2/h3-15H,1-2H3. The van der Waals surface area contributed by atoms with Crippen LogP contribution in [-0.2, 0) is 0 Å². The smallest absolute Gasteiger partial charge is 0.347 e. The van der Waals surface area contributed by atoms with Crippen LogP contribution < -0.4 is 14.2 Å². The molecule has 0 saturated heterocycles. The third-order valence-corrected chi connectivity index (χ3v) is 4.78. The zero-order valence-corrected chi connectivity index (χ0v) is 18.0. The fourth-order valence-corrected chi connectivity index (χ4v) is 3.17. The molecule has 0 heterocycles. The monoisotopic (exact) mass is 466 g/mol. The van der Waals surface area contributed by atoms with Crippen LogP contribution in [0.2, 0.25) is 0 Å². The number of halogens is 1. The van der Waals surface area contributed by atoms with E-state index in [1.807, 2.05) is 24.3 Å². The second-order valence-electron chi connectivity index (χ2n) is 6.17. The lowest BCUT2D eigenvalue weighted by Gasteiger charge is -2.11. The van der Waals surface area contributed by atoms with Crippen molar-refractivity contribution in [2.75, 3.05) is 14.2 Å². The Bertz CT molecular complexity index is 1100. The lowest BCUT2D eigenvalue weighted by molar-refractivity contribution is 0.0729. The van der Waals surface area contributed by atoms with Crippen molar-refractivity contribution < 1.29 is 23.8 Å². The maximum Gasteiger partial charge on any atom is 0.347 e. The van der Waals surface area contributed by atoms with Gasteiger partial charge < -0.3 is 14.2 Å². The molecule has 152 valence electrons. The largest absolute Gasteiger partial charge is 0.496 e. The van der Waals surface area contributed by atoms with Gasteiger partial charge in [0.1, 0.15) is 22.8 Å². The second-order valence-corrected chi connectivity index (χ2v) is 7.09. The number of carbonyl (C=O) groups excluding carboxylic acids is 2. The minimum absolute atomic E-state index is 0.156. The number of methoxy groups -OCH3 is 2. The topological polar surface area (TPSA) is 61.8 Å². The molecule has 0 aliphatic carbocycles. The van der Waals surface area contributed by atoms with Gasteiger partial charge in [0.2, 0.25) is 0 Å². The van der Waals surface area contributed by atoms with E-state index in [1.54, 1.807) is 55.7 Å². The minimum atomic E-state index is -0.613. The first-order valence-corrected chi connectivity index (χ1v) is 9.83. The predicted octanol–water partition coefficient (Wildman–Crippen LogP) is 5.58. The van der Waals surface area contributed by atoms with Crippen LogP contribution in [0.15, 0.2) is 77.3 Å². The summed E-state index contributed by atoms with van der Waals surface area (Å²) >= 11 is 3.36. The van der Waals surface area contributed by atoms with Gasteiger partial charge in [0.15, 0.2) is 5.78 Å². The quantitative estimate of drug-likeness (QED) is 0.197. The van der Waals surface area contributed by atoms with Gasteiger partial charge in [-0.1, -0.05) is 46.3 Å². The fourth-order valence-electron chi connectivity index (χ4n) is 2.81. The molecule has 5 nitrogen and oxygen atoms in total.